The third-order valence-electron chi connectivity index (χ3n) is 4.94. The van der Waals surface area contributed by atoms with Gasteiger partial charge in [-0.25, -0.2) is 0 Å². The summed E-state index contributed by atoms with van der Waals surface area (Å²) in [6.45, 7) is 2.07. The molecule has 0 amide bonds. The van der Waals surface area contributed by atoms with Crippen molar-refractivity contribution in [1.29, 1.82) is 0 Å². The highest BCUT2D eigenvalue weighted by molar-refractivity contribution is 9.10. The first kappa shape index (κ1) is 16.4. The van der Waals surface area contributed by atoms with Crippen LogP contribution in [0.2, 0.25) is 0 Å². The number of fused-ring (bicyclic) bond motifs is 1. The van der Waals surface area contributed by atoms with Gasteiger partial charge in [0.05, 0.1) is 29.6 Å². The number of ether oxygens (including phenoxy) is 1. The van der Waals surface area contributed by atoms with Crippen molar-refractivity contribution in [3.63, 3.8) is 0 Å². The predicted octanol–water partition coefficient (Wildman–Crippen LogP) is 2.50. The maximum Gasteiger partial charge on any atom is 0.169 e. The number of Topliss-reactive ketones (excluding diaryl/α,β-unsaturated/α-hetero) is 1. The van der Waals surface area contributed by atoms with E-state index in [2.05, 4.69) is 22.9 Å². The first-order chi connectivity index (χ1) is 10.2. The van der Waals surface area contributed by atoms with E-state index >= 15 is 0 Å². The summed E-state index contributed by atoms with van der Waals surface area (Å²) >= 11 is 3.45. The number of rotatable bonds is 2. The fourth-order valence-electron chi connectivity index (χ4n) is 4.00. The Labute approximate surface area is 144 Å². The van der Waals surface area contributed by atoms with E-state index in [-0.39, 0.29) is 23.2 Å². The van der Waals surface area contributed by atoms with Crippen molar-refractivity contribution in [3.8, 4) is 0 Å². The SMILES string of the molecule is [B]C([B])([B])O[C@H]1CC[C@@]2(Cc3ccc(Br)cc3C2=O)C[C@@H]1C. The van der Waals surface area contributed by atoms with E-state index in [1.54, 1.807) is 0 Å². The van der Waals surface area contributed by atoms with Crippen LogP contribution >= 0.6 is 15.9 Å². The summed E-state index contributed by atoms with van der Waals surface area (Å²) in [6.07, 6.45) is 3.01. The Balaban J connectivity index is 1.80. The summed E-state index contributed by atoms with van der Waals surface area (Å²) in [5.41, 5.74) is 1.69. The van der Waals surface area contributed by atoms with Crippen LogP contribution in [0.3, 0.4) is 0 Å². The van der Waals surface area contributed by atoms with Crippen molar-refractivity contribution in [2.75, 3.05) is 0 Å². The van der Waals surface area contributed by atoms with Crippen LogP contribution in [-0.4, -0.2) is 40.7 Å². The quantitative estimate of drug-likeness (QED) is 0.765. The Morgan fingerprint density at radius 1 is 1.36 bits per heavy atom. The molecule has 3 rings (SSSR count). The molecule has 1 fully saturated rings. The lowest BCUT2D eigenvalue weighted by Gasteiger charge is -2.43. The number of hydrogen-bond acceptors (Lipinski definition) is 2. The summed E-state index contributed by atoms with van der Waals surface area (Å²) < 4.78 is 6.48. The summed E-state index contributed by atoms with van der Waals surface area (Å²) in [4.78, 5) is 12.9. The molecule has 6 radical (unpaired) electrons. The molecule has 2 aliphatic rings. The number of ketones is 1. The molecule has 0 aliphatic heterocycles. The fourth-order valence-corrected chi connectivity index (χ4v) is 4.36. The standard InChI is InChI=1S/C16H16B3BrO2/c1-9-7-15(5-4-13(9)22-16(17,18)19)8-10-2-3-11(20)6-12(10)14(15)21/h2-3,6,9,13H,4-5,7-8H2,1H3/t9-,13-,15-/m0/s1. The van der Waals surface area contributed by atoms with E-state index in [4.69, 9.17) is 28.3 Å². The van der Waals surface area contributed by atoms with Crippen LogP contribution in [0.4, 0.5) is 0 Å². The second kappa shape index (κ2) is 5.56. The molecule has 6 heteroatoms. The molecular formula is C16H16B3BrO2. The van der Waals surface area contributed by atoms with Gasteiger partial charge in [0.1, 0.15) is 0 Å². The molecule has 2 aliphatic carbocycles. The number of halogens is 1. The van der Waals surface area contributed by atoms with E-state index < -0.39 is 5.30 Å². The molecule has 0 saturated heterocycles. The van der Waals surface area contributed by atoms with Crippen molar-refractivity contribution in [2.45, 2.75) is 44.0 Å². The van der Waals surface area contributed by atoms with Gasteiger partial charge >= 0.3 is 0 Å². The maximum atomic E-state index is 12.9. The molecule has 3 atom stereocenters. The van der Waals surface area contributed by atoms with E-state index in [0.29, 0.717) is 0 Å². The van der Waals surface area contributed by atoms with Gasteiger partial charge in [-0.1, -0.05) is 28.9 Å². The normalized spacial score (nSPS) is 31.5. The Morgan fingerprint density at radius 2 is 2.09 bits per heavy atom. The zero-order chi connectivity index (χ0) is 16.1. The van der Waals surface area contributed by atoms with Crippen molar-refractivity contribution in [1.82, 2.24) is 0 Å². The number of hydrogen-bond donors (Lipinski definition) is 0. The molecular weight excluding hydrogens is 337 g/mol. The zero-order valence-electron chi connectivity index (χ0n) is 12.6. The average Bonchev–Trinajstić information content (AvgIpc) is 2.66. The first-order valence-electron chi connectivity index (χ1n) is 7.58. The highest BCUT2D eigenvalue weighted by Crippen LogP contribution is 2.50. The van der Waals surface area contributed by atoms with Crippen molar-refractivity contribution in [3.05, 3.63) is 33.8 Å². The monoisotopic (exact) mass is 352 g/mol. The summed E-state index contributed by atoms with van der Waals surface area (Å²) in [6, 6.07) is 5.98. The second-order valence-electron chi connectivity index (χ2n) is 6.82. The first-order valence-corrected chi connectivity index (χ1v) is 8.37. The van der Waals surface area contributed by atoms with Crippen LogP contribution in [0.25, 0.3) is 0 Å². The van der Waals surface area contributed by atoms with Gasteiger partial charge in [0.15, 0.2) is 5.78 Å². The molecule has 0 unspecified atom stereocenters. The zero-order valence-corrected chi connectivity index (χ0v) is 14.2. The second-order valence-corrected chi connectivity index (χ2v) is 7.73. The molecule has 1 aromatic rings. The molecule has 108 valence electrons. The predicted molar refractivity (Wildman–Crippen MR) is 92.5 cm³/mol. The highest BCUT2D eigenvalue weighted by atomic mass is 79.9. The minimum absolute atomic E-state index is 0.103. The smallest absolute Gasteiger partial charge is 0.169 e. The van der Waals surface area contributed by atoms with Gasteiger partial charge in [-0.2, -0.15) is 0 Å². The molecule has 0 aromatic heterocycles. The van der Waals surface area contributed by atoms with Gasteiger partial charge in [0.2, 0.25) is 0 Å². The topological polar surface area (TPSA) is 26.3 Å². The van der Waals surface area contributed by atoms with Gasteiger partial charge in [-0.15, -0.1) is 0 Å². The molecule has 0 heterocycles. The summed E-state index contributed by atoms with van der Waals surface area (Å²) in [5.74, 6) is 0.444. The number of carbonyl (C=O) groups is 1. The third kappa shape index (κ3) is 2.97. The van der Waals surface area contributed by atoms with Crippen LogP contribution < -0.4 is 0 Å². The number of carbonyl (C=O) groups excluding carboxylic acids is 1. The fraction of sp³-hybridized carbons (Fsp3) is 0.562. The Morgan fingerprint density at radius 3 is 2.73 bits per heavy atom. The highest BCUT2D eigenvalue weighted by Gasteiger charge is 2.49. The van der Waals surface area contributed by atoms with Gasteiger partial charge in [-0.3, -0.25) is 4.79 Å². The van der Waals surface area contributed by atoms with Crippen molar-refractivity contribution < 1.29 is 9.53 Å². The lowest BCUT2D eigenvalue weighted by Crippen LogP contribution is -2.46. The van der Waals surface area contributed by atoms with Gasteiger partial charge in [-0.05, 0) is 54.6 Å². The lowest BCUT2D eigenvalue weighted by molar-refractivity contribution is -0.0370. The summed E-state index contributed by atoms with van der Waals surface area (Å²) in [5, 5.41) is -1.61. The van der Waals surface area contributed by atoms with E-state index in [0.717, 1.165) is 41.3 Å². The molecule has 0 bridgehead atoms. The molecule has 1 saturated carbocycles. The van der Waals surface area contributed by atoms with E-state index in [1.807, 2.05) is 18.2 Å². The molecule has 22 heavy (non-hydrogen) atoms. The molecule has 1 spiro atoms. The van der Waals surface area contributed by atoms with E-state index in [9.17, 15) is 4.79 Å². The Bertz CT molecular complexity index is 614. The minimum atomic E-state index is -1.61. The molecule has 2 nitrogen and oxygen atoms in total. The minimum Gasteiger partial charge on any atom is -0.399 e. The number of benzene rings is 1. The Hall–Kier alpha value is -0.475. The Kier molecular flexibility index (Phi) is 4.14. The van der Waals surface area contributed by atoms with Crippen LogP contribution in [-0.2, 0) is 11.2 Å². The van der Waals surface area contributed by atoms with Crippen LogP contribution in [0.1, 0.15) is 42.1 Å². The third-order valence-corrected chi connectivity index (χ3v) is 5.43. The molecule has 1 aromatic carbocycles. The summed E-state index contributed by atoms with van der Waals surface area (Å²) in [7, 11) is 16.6. The van der Waals surface area contributed by atoms with Gasteiger partial charge in [0.25, 0.3) is 0 Å². The molecule has 0 N–H and O–H groups in total. The van der Waals surface area contributed by atoms with Crippen LogP contribution in [0.15, 0.2) is 22.7 Å². The van der Waals surface area contributed by atoms with Crippen LogP contribution in [0.5, 0.6) is 0 Å². The maximum absolute atomic E-state index is 12.9. The lowest BCUT2D eigenvalue weighted by atomic mass is 9.52. The largest absolute Gasteiger partial charge is 0.399 e. The van der Waals surface area contributed by atoms with Gasteiger partial charge in [0, 0.05) is 15.5 Å². The van der Waals surface area contributed by atoms with Crippen LogP contribution in [0, 0.1) is 11.3 Å². The average molecular weight is 353 g/mol. The van der Waals surface area contributed by atoms with Crippen molar-refractivity contribution in [2.24, 2.45) is 11.3 Å². The van der Waals surface area contributed by atoms with Crippen molar-refractivity contribution >= 4 is 45.3 Å². The van der Waals surface area contributed by atoms with E-state index in [1.165, 1.54) is 0 Å². The van der Waals surface area contributed by atoms with Gasteiger partial charge < -0.3 is 4.74 Å².